The summed E-state index contributed by atoms with van der Waals surface area (Å²) in [7, 11) is 5.90. The largest absolute Gasteiger partial charge is 0.493 e. The zero-order valence-corrected chi connectivity index (χ0v) is 15.6. The van der Waals surface area contributed by atoms with Gasteiger partial charge in [0.1, 0.15) is 0 Å². The maximum absolute atomic E-state index is 12.6. The van der Waals surface area contributed by atoms with Crippen molar-refractivity contribution in [1.29, 1.82) is 0 Å². The van der Waals surface area contributed by atoms with Crippen LogP contribution in [0.2, 0.25) is 0 Å². The number of hydrogen-bond acceptors (Lipinski definition) is 6. The lowest BCUT2D eigenvalue weighted by Gasteiger charge is -2.13. The summed E-state index contributed by atoms with van der Waals surface area (Å²) in [5.41, 5.74) is 0.493. The van der Waals surface area contributed by atoms with Crippen LogP contribution in [0, 0.1) is 0 Å². The highest BCUT2D eigenvalue weighted by Gasteiger charge is 2.27. The molecule has 0 aliphatic carbocycles. The summed E-state index contributed by atoms with van der Waals surface area (Å²) >= 11 is 6.15. The van der Waals surface area contributed by atoms with Crippen molar-refractivity contribution >= 4 is 23.2 Å². The average molecular weight is 379 g/mol. The van der Waals surface area contributed by atoms with Gasteiger partial charge in [0.05, 0.1) is 28.4 Å². The summed E-state index contributed by atoms with van der Waals surface area (Å²) in [6.45, 7) is 0. The molecule has 2 aromatic rings. The molecule has 0 aliphatic heterocycles. The molecule has 0 unspecified atom stereocenters. The number of ether oxygens (including phenoxy) is 4. The van der Waals surface area contributed by atoms with Gasteiger partial charge in [-0.3, -0.25) is 9.59 Å². The van der Waals surface area contributed by atoms with Gasteiger partial charge >= 0.3 is 0 Å². The van der Waals surface area contributed by atoms with Crippen molar-refractivity contribution in [3.63, 3.8) is 0 Å². The lowest BCUT2D eigenvalue weighted by atomic mass is 10.0. The molecule has 2 aromatic carbocycles. The molecular formula is C19H19ClO6. The van der Waals surface area contributed by atoms with Crippen molar-refractivity contribution in [2.75, 3.05) is 28.4 Å². The second-order valence-electron chi connectivity index (χ2n) is 5.23. The molecule has 7 heteroatoms. The van der Waals surface area contributed by atoms with E-state index in [2.05, 4.69) is 0 Å². The molecule has 6 nitrogen and oxygen atoms in total. The Morgan fingerprint density at radius 1 is 0.692 bits per heavy atom. The van der Waals surface area contributed by atoms with E-state index in [1.54, 1.807) is 12.1 Å². The van der Waals surface area contributed by atoms with Crippen LogP contribution in [0.5, 0.6) is 23.0 Å². The van der Waals surface area contributed by atoms with Gasteiger partial charge in [-0.15, -0.1) is 11.6 Å². The minimum absolute atomic E-state index is 0.247. The predicted molar refractivity (Wildman–Crippen MR) is 97.4 cm³/mol. The van der Waals surface area contributed by atoms with E-state index in [0.717, 1.165) is 0 Å². The number of carbonyl (C=O) groups is 2. The van der Waals surface area contributed by atoms with Gasteiger partial charge in [-0.05, 0) is 36.4 Å². The van der Waals surface area contributed by atoms with E-state index in [9.17, 15) is 9.59 Å². The Balaban J connectivity index is 2.29. The summed E-state index contributed by atoms with van der Waals surface area (Å²) in [5, 5.41) is -1.38. The fraction of sp³-hybridized carbons (Fsp3) is 0.263. The maximum atomic E-state index is 12.6. The van der Waals surface area contributed by atoms with E-state index < -0.39 is 16.9 Å². The van der Waals surface area contributed by atoms with Crippen LogP contribution in [0.25, 0.3) is 0 Å². The van der Waals surface area contributed by atoms with E-state index >= 15 is 0 Å². The second kappa shape index (κ2) is 8.58. The van der Waals surface area contributed by atoms with Crippen molar-refractivity contribution in [1.82, 2.24) is 0 Å². The monoisotopic (exact) mass is 378 g/mol. The van der Waals surface area contributed by atoms with Crippen molar-refractivity contribution < 1.29 is 28.5 Å². The molecule has 0 saturated heterocycles. The van der Waals surface area contributed by atoms with Crippen LogP contribution in [-0.2, 0) is 0 Å². The minimum Gasteiger partial charge on any atom is -0.493 e. The van der Waals surface area contributed by atoms with Crippen molar-refractivity contribution in [3.05, 3.63) is 47.5 Å². The molecule has 0 N–H and O–H groups in total. The number of carbonyl (C=O) groups excluding carboxylic acids is 2. The molecule has 0 bridgehead atoms. The number of hydrogen-bond donors (Lipinski definition) is 0. The third kappa shape index (κ3) is 3.91. The maximum Gasteiger partial charge on any atom is 0.188 e. The summed E-state index contributed by atoms with van der Waals surface area (Å²) < 4.78 is 20.6. The standard InChI is InChI=1S/C19H19ClO6/c1-23-13-7-5-11(9-15(13)25-3)18(21)17(20)19(22)12-6-8-14(24-2)16(10-12)26-4/h5-10,17H,1-4H3. The highest BCUT2D eigenvalue weighted by Crippen LogP contribution is 2.30. The quantitative estimate of drug-likeness (QED) is 0.398. The SMILES string of the molecule is COc1ccc(C(=O)C(Cl)C(=O)c2ccc(OC)c(OC)c2)cc1OC. The van der Waals surface area contributed by atoms with E-state index in [4.69, 9.17) is 30.5 Å². The fourth-order valence-corrected chi connectivity index (χ4v) is 2.64. The third-order valence-corrected chi connectivity index (χ3v) is 4.19. The molecule has 0 heterocycles. The number of rotatable bonds is 8. The van der Waals surface area contributed by atoms with Crippen LogP contribution in [0.4, 0.5) is 0 Å². The van der Waals surface area contributed by atoms with Crippen LogP contribution in [0.3, 0.4) is 0 Å². The van der Waals surface area contributed by atoms with E-state index in [0.29, 0.717) is 23.0 Å². The number of ketones is 2. The summed E-state index contributed by atoms with van der Waals surface area (Å²) in [6.07, 6.45) is 0. The first-order valence-electron chi connectivity index (χ1n) is 7.63. The van der Waals surface area contributed by atoms with Gasteiger partial charge in [0.15, 0.2) is 39.9 Å². The fourth-order valence-electron chi connectivity index (χ4n) is 2.39. The first-order valence-corrected chi connectivity index (χ1v) is 8.07. The molecule has 26 heavy (non-hydrogen) atoms. The molecule has 0 atom stereocenters. The Kier molecular flexibility index (Phi) is 6.46. The van der Waals surface area contributed by atoms with Crippen LogP contribution < -0.4 is 18.9 Å². The van der Waals surface area contributed by atoms with E-state index in [1.807, 2.05) is 0 Å². The first-order chi connectivity index (χ1) is 12.5. The van der Waals surface area contributed by atoms with Gasteiger partial charge < -0.3 is 18.9 Å². The Bertz CT molecular complexity index is 750. The zero-order valence-electron chi connectivity index (χ0n) is 14.9. The van der Waals surface area contributed by atoms with E-state index in [-0.39, 0.29) is 11.1 Å². The Labute approximate surface area is 156 Å². The molecular weight excluding hydrogens is 360 g/mol. The van der Waals surface area contributed by atoms with Crippen molar-refractivity contribution in [2.45, 2.75) is 5.38 Å². The Morgan fingerprint density at radius 2 is 1.04 bits per heavy atom. The molecule has 0 saturated carbocycles. The van der Waals surface area contributed by atoms with Crippen LogP contribution >= 0.6 is 11.6 Å². The number of alkyl halides is 1. The Hall–Kier alpha value is -2.73. The predicted octanol–water partition coefficient (Wildman–Crippen LogP) is 3.39. The topological polar surface area (TPSA) is 71.1 Å². The molecule has 138 valence electrons. The van der Waals surface area contributed by atoms with Gasteiger partial charge in [-0.25, -0.2) is 0 Å². The number of Topliss-reactive ketones (excluding diaryl/α,β-unsaturated/α-hetero) is 2. The van der Waals surface area contributed by atoms with Gasteiger partial charge in [0.25, 0.3) is 0 Å². The molecule has 0 aliphatic rings. The summed E-state index contributed by atoms with van der Waals surface area (Å²) in [4.78, 5) is 25.2. The first kappa shape index (κ1) is 19.6. The number of methoxy groups -OCH3 is 4. The lowest BCUT2D eigenvalue weighted by Crippen LogP contribution is -2.25. The molecule has 2 rings (SSSR count). The number of benzene rings is 2. The highest BCUT2D eigenvalue weighted by atomic mass is 35.5. The smallest absolute Gasteiger partial charge is 0.188 e. The minimum atomic E-state index is -1.38. The van der Waals surface area contributed by atoms with Crippen LogP contribution in [0.1, 0.15) is 20.7 Å². The lowest BCUT2D eigenvalue weighted by molar-refractivity contribution is 0.0899. The normalized spacial score (nSPS) is 10.4. The highest BCUT2D eigenvalue weighted by molar-refractivity contribution is 6.46. The zero-order chi connectivity index (χ0) is 19.3. The van der Waals surface area contributed by atoms with Crippen LogP contribution in [-0.4, -0.2) is 45.4 Å². The molecule has 0 aromatic heterocycles. The van der Waals surface area contributed by atoms with Gasteiger partial charge in [-0.2, -0.15) is 0 Å². The average Bonchev–Trinajstić information content (AvgIpc) is 2.70. The van der Waals surface area contributed by atoms with Gasteiger partial charge in [0, 0.05) is 11.1 Å². The molecule has 0 fully saturated rings. The molecule has 0 amide bonds. The van der Waals surface area contributed by atoms with Gasteiger partial charge in [0.2, 0.25) is 0 Å². The van der Waals surface area contributed by atoms with E-state index in [1.165, 1.54) is 52.7 Å². The number of halogens is 1. The van der Waals surface area contributed by atoms with Crippen LogP contribution in [0.15, 0.2) is 36.4 Å². The summed E-state index contributed by atoms with van der Waals surface area (Å²) in [5.74, 6) is 0.629. The van der Waals surface area contributed by atoms with Crippen molar-refractivity contribution in [2.24, 2.45) is 0 Å². The molecule has 0 spiro atoms. The third-order valence-electron chi connectivity index (χ3n) is 3.80. The van der Waals surface area contributed by atoms with Gasteiger partial charge in [-0.1, -0.05) is 0 Å². The second-order valence-corrected chi connectivity index (χ2v) is 5.67. The summed E-state index contributed by atoms with van der Waals surface area (Å²) in [6, 6.07) is 9.19. The molecule has 0 radical (unpaired) electrons. The Morgan fingerprint density at radius 3 is 1.35 bits per heavy atom. The van der Waals surface area contributed by atoms with Crippen molar-refractivity contribution in [3.8, 4) is 23.0 Å².